The standard InChI is InChI=1S/C25H19Cl2N3O6S/c1-13-9-19(22(27)21(10-13)37(33,34)35)29-30-23-16-6-4-3-5-14(16)11-17(24(23)31)25(32)28-18-12-15(26)7-8-20(18)36-2/h3-12,31H,1-2H3,(H,28,32)(H,33,34,35). The van der Waals surface area contributed by atoms with E-state index in [4.69, 9.17) is 27.9 Å². The van der Waals surface area contributed by atoms with E-state index in [0.29, 0.717) is 32.8 Å². The Labute approximate surface area is 222 Å². The highest BCUT2D eigenvalue weighted by Crippen LogP contribution is 2.41. The topological polar surface area (TPSA) is 138 Å². The van der Waals surface area contributed by atoms with Gasteiger partial charge in [-0.1, -0.05) is 47.5 Å². The molecule has 4 rings (SSSR count). The van der Waals surface area contributed by atoms with E-state index in [2.05, 4.69) is 15.5 Å². The fourth-order valence-corrected chi connectivity index (χ4v) is 4.92. The van der Waals surface area contributed by atoms with Crippen LogP contribution in [0.4, 0.5) is 17.1 Å². The minimum absolute atomic E-state index is 0.0488. The summed E-state index contributed by atoms with van der Waals surface area (Å²) in [7, 11) is -3.18. The highest BCUT2D eigenvalue weighted by atomic mass is 35.5. The molecule has 0 fully saturated rings. The summed E-state index contributed by atoms with van der Waals surface area (Å²) >= 11 is 12.2. The minimum Gasteiger partial charge on any atom is -0.505 e. The van der Waals surface area contributed by atoms with Crippen LogP contribution in [0.3, 0.4) is 0 Å². The van der Waals surface area contributed by atoms with Crippen LogP contribution in [0, 0.1) is 6.92 Å². The van der Waals surface area contributed by atoms with E-state index in [1.807, 2.05) is 0 Å². The number of hydrogen-bond donors (Lipinski definition) is 3. The van der Waals surface area contributed by atoms with Crippen LogP contribution in [-0.4, -0.2) is 31.1 Å². The Hall–Kier alpha value is -3.70. The number of amides is 1. The lowest BCUT2D eigenvalue weighted by atomic mass is 10.0. The van der Waals surface area contributed by atoms with Crippen molar-refractivity contribution in [3.63, 3.8) is 0 Å². The van der Waals surface area contributed by atoms with E-state index in [1.165, 1.54) is 31.4 Å². The summed E-state index contributed by atoms with van der Waals surface area (Å²) in [5.74, 6) is -0.774. The third-order valence-corrected chi connectivity index (χ3v) is 6.97. The molecule has 9 nitrogen and oxygen atoms in total. The fourth-order valence-electron chi connectivity index (χ4n) is 3.64. The molecule has 0 unspecified atom stereocenters. The average molecular weight is 560 g/mol. The highest BCUT2D eigenvalue weighted by molar-refractivity contribution is 7.86. The normalized spacial score (nSPS) is 11.7. The molecule has 0 spiro atoms. The molecule has 1 amide bonds. The Morgan fingerprint density at radius 3 is 2.46 bits per heavy atom. The molecule has 4 aromatic carbocycles. The number of ether oxygens (including phenoxy) is 1. The molecule has 0 aliphatic heterocycles. The van der Waals surface area contributed by atoms with Gasteiger partial charge in [0.2, 0.25) is 0 Å². The first-order chi connectivity index (χ1) is 17.5. The number of rotatable bonds is 6. The second kappa shape index (κ2) is 10.3. The van der Waals surface area contributed by atoms with Crippen LogP contribution >= 0.6 is 23.2 Å². The number of anilines is 1. The molecule has 0 saturated carbocycles. The van der Waals surface area contributed by atoms with Gasteiger partial charge >= 0.3 is 0 Å². The molecule has 0 radical (unpaired) electrons. The zero-order chi connectivity index (χ0) is 26.9. The third-order valence-electron chi connectivity index (χ3n) is 5.35. The van der Waals surface area contributed by atoms with Gasteiger partial charge in [-0.3, -0.25) is 9.35 Å². The van der Waals surface area contributed by atoms with Crippen LogP contribution in [0.2, 0.25) is 10.0 Å². The van der Waals surface area contributed by atoms with Gasteiger partial charge in [-0.05, 0) is 54.3 Å². The lowest BCUT2D eigenvalue weighted by Gasteiger charge is -2.13. The van der Waals surface area contributed by atoms with Crippen molar-refractivity contribution in [2.24, 2.45) is 10.2 Å². The second-order valence-electron chi connectivity index (χ2n) is 7.91. The first-order valence-electron chi connectivity index (χ1n) is 10.6. The van der Waals surface area contributed by atoms with Crippen LogP contribution in [0.1, 0.15) is 15.9 Å². The highest BCUT2D eigenvalue weighted by Gasteiger charge is 2.21. The maximum Gasteiger partial charge on any atom is 0.296 e. The molecule has 0 saturated heterocycles. The van der Waals surface area contributed by atoms with Gasteiger partial charge < -0.3 is 15.2 Å². The molecule has 0 bridgehead atoms. The quantitative estimate of drug-likeness (QED) is 0.170. The number of aromatic hydroxyl groups is 1. The number of nitrogens with zero attached hydrogens (tertiary/aromatic N) is 2. The van der Waals surface area contributed by atoms with Crippen molar-refractivity contribution in [2.45, 2.75) is 11.8 Å². The monoisotopic (exact) mass is 559 g/mol. The van der Waals surface area contributed by atoms with Crippen molar-refractivity contribution in [1.82, 2.24) is 0 Å². The van der Waals surface area contributed by atoms with Crippen LogP contribution in [0.5, 0.6) is 11.5 Å². The Kier molecular flexibility index (Phi) is 7.37. The smallest absolute Gasteiger partial charge is 0.296 e. The predicted octanol–water partition coefficient (Wildman–Crippen LogP) is 7.08. The summed E-state index contributed by atoms with van der Waals surface area (Å²) in [5, 5.41) is 23.0. The van der Waals surface area contributed by atoms with E-state index >= 15 is 0 Å². The van der Waals surface area contributed by atoms with Crippen molar-refractivity contribution < 1.29 is 27.6 Å². The van der Waals surface area contributed by atoms with E-state index in [9.17, 15) is 22.9 Å². The Balaban J connectivity index is 1.83. The van der Waals surface area contributed by atoms with Gasteiger partial charge in [0.05, 0.1) is 23.4 Å². The molecule has 37 heavy (non-hydrogen) atoms. The first kappa shape index (κ1) is 26.4. The molecule has 0 atom stereocenters. The minimum atomic E-state index is -4.62. The van der Waals surface area contributed by atoms with Crippen molar-refractivity contribution in [2.75, 3.05) is 12.4 Å². The summed E-state index contributed by atoms with van der Waals surface area (Å²) in [5.41, 5.74) is 0.524. The van der Waals surface area contributed by atoms with Gasteiger partial charge in [0.25, 0.3) is 16.0 Å². The molecule has 0 aliphatic carbocycles. The number of nitrogens with one attached hydrogen (secondary N) is 1. The van der Waals surface area contributed by atoms with Crippen molar-refractivity contribution in [3.05, 3.63) is 81.8 Å². The van der Waals surface area contributed by atoms with Gasteiger partial charge in [0.1, 0.15) is 22.0 Å². The number of hydrogen-bond acceptors (Lipinski definition) is 7. The van der Waals surface area contributed by atoms with Gasteiger partial charge in [-0.15, -0.1) is 10.2 Å². The summed E-state index contributed by atoms with van der Waals surface area (Å²) in [6.07, 6.45) is 0. The molecule has 190 valence electrons. The van der Waals surface area contributed by atoms with E-state index < -0.39 is 26.7 Å². The number of phenols is 1. The summed E-state index contributed by atoms with van der Waals surface area (Å²) < 4.78 is 38.1. The molecule has 3 N–H and O–H groups in total. The number of carbonyl (C=O) groups excluding carboxylic acids is 1. The maximum atomic E-state index is 13.2. The number of methoxy groups -OCH3 is 1. The number of aryl methyl sites for hydroxylation is 1. The van der Waals surface area contributed by atoms with E-state index in [0.717, 1.165) is 0 Å². The number of carbonyl (C=O) groups is 1. The SMILES string of the molecule is COc1ccc(Cl)cc1NC(=O)c1cc2ccccc2c(N=Nc2cc(C)cc(S(=O)(=O)O)c2Cl)c1O. The lowest BCUT2D eigenvalue weighted by Crippen LogP contribution is -2.13. The maximum absolute atomic E-state index is 13.2. The number of halogens is 2. The summed E-state index contributed by atoms with van der Waals surface area (Å²) in [4.78, 5) is 12.7. The van der Waals surface area contributed by atoms with Crippen molar-refractivity contribution in [3.8, 4) is 11.5 Å². The fraction of sp³-hybridized carbons (Fsp3) is 0.0800. The molecule has 0 aromatic heterocycles. The molecule has 12 heteroatoms. The first-order valence-corrected chi connectivity index (χ1v) is 12.8. The van der Waals surface area contributed by atoms with E-state index in [1.54, 1.807) is 43.3 Å². The Morgan fingerprint density at radius 2 is 1.76 bits per heavy atom. The Bertz CT molecular complexity index is 1690. The number of azo groups is 1. The van der Waals surface area contributed by atoms with E-state index in [-0.39, 0.29) is 22.0 Å². The summed E-state index contributed by atoms with van der Waals surface area (Å²) in [6.45, 7) is 1.59. The van der Waals surface area contributed by atoms with Crippen LogP contribution in [0.25, 0.3) is 10.8 Å². The number of fused-ring (bicyclic) bond motifs is 1. The molecular weight excluding hydrogens is 541 g/mol. The van der Waals surface area contributed by atoms with Gasteiger partial charge in [0, 0.05) is 10.4 Å². The van der Waals surface area contributed by atoms with Gasteiger partial charge in [-0.2, -0.15) is 8.42 Å². The predicted molar refractivity (Wildman–Crippen MR) is 142 cm³/mol. The van der Waals surface area contributed by atoms with Crippen LogP contribution in [0.15, 0.2) is 75.8 Å². The molecule has 0 aliphatic rings. The average Bonchev–Trinajstić information content (AvgIpc) is 2.84. The lowest BCUT2D eigenvalue weighted by molar-refractivity contribution is 0.102. The van der Waals surface area contributed by atoms with Crippen molar-refractivity contribution >= 4 is 67.1 Å². The van der Waals surface area contributed by atoms with Gasteiger partial charge in [0.15, 0.2) is 5.75 Å². The molecule has 0 heterocycles. The second-order valence-corrected chi connectivity index (χ2v) is 10.1. The largest absolute Gasteiger partial charge is 0.505 e. The van der Waals surface area contributed by atoms with Crippen LogP contribution in [-0.2, 0) is 10.1 Å². The number of phenolic OH excluding ortho intramolecular Hbond substituents is 1. The third kappa shape index (κ3) is 5.52. The van der Waals surface area contributed by atoms with Gasteiger partial charge in [-0.25, -0.2) is 0 Å². The zero-order valence-corrected chi connectivity index (χ0v) is 21.7. The van der Waals surface area contributed by atoms with Crippen molar-refractivity contribution in [1.29, 1.82) is 0 Å². The molecular formula is C25H19Cl2N3O6S. The summed E-state index contributed by atoms with van der Waals surface area (Å²) in [6, 6.07) is 15.7. The van der Waals surface area contributed by atoms with Crippen LogP contribution < -0.4 is 10.1 Å². The number of benzene rings is 4. The molecule has 4 aromatic rings. The Morgan fingerprint density at radius 1 is 1.03 bits per heavy atom. The zero-order valence-electron chi connectivity index (χ0n) is 19.4.